The lowest BCUT2D eigenvalue weighted by atomic mass is 10.4. The van der Waals surface area contributed by atoms with Crippen LogP contribution in [0, 0.1) is 13.8 Å². The highest BCUT2D eigenvalue weighted by Crippen LogP contribution is 2.17. The van der Waals surface area contributed by atoms with Crippen LogP contribution in [0.25, 0.3) is 4.96 Å². The first-order valence-electron chi connectivity index (χ1n) is 5.09. The first-order chi connectivity index (χ1) is 8.22. The van der Waals surface area contributed by atoms with E-state index in [9.17, 15) is 0 Å². The molecule has 0 aromatic carbocycles. The summed E-state index contributed by atoms with van der Waals surface area (Å²) >= 11 is 1.57. The van der Waals surface area contributed by atoms with Gasteiger partial charge >= 0.3 is 0 Å². The van der Waals surface area contributed by atoms with E-state index in [2.05, 4.69) is 25.4 Å². The number of nitrogens with one attached hydrogen (secondary N) is 1. The summed E-state index contributed by atoms with van der Waals surface area (Å²) in [6.45, 7) is 3.91. The Bertz CT molecular complexity index is 670. The van der Waals surface area contributed by atoms with Gasteiger partial charge in [0, 0.05) is 17.1 Å². The fraction of sp³-hybridized carbons (Fsp3) is 0.200. The Kier molecular flexibility index (Phi) is 2.25. The molecule has 3 rings (SSSR count). The van der Waals surface area contributed by atoms with Gasteiger partial charge in [0.05, 0.1) is 5.69 Å². The molecule has 0 atom stereocenters. The minimum absolute atomic E-state index is 0.554. The second-order valence-corrected chi connectivity index (χ2v) is 4.51. The van der Waals surface area contributed by atoms with Crippen molar-refractivity contribution in [2.75, 3.05) is 5.32 Å². The van der Waals surface area contributed by atoms with Crippen LogP contribution in [0.4, 0.5) is 11.8 Å². The SMILES string of the molecule is Cc1cc(Nc2nc3scc(C)n3n2)ncn1. The lowest BCUT2D eigenvalue weighted by Crippen LogP contribution is -1.97. The molecule has 0 bridgehead atoms. The maximum Gasteiger partial charge on any atom is 0.249 e. The first kappa shape index (κ1) is 10.2. The van der Waals surface area contributed by atoms with Crippen molar-refractivity contribution in [2.24, 2.45) is 0 Å². The summed E-state index contributed by atoms with van der Waals surface area (Å²) in [4.78, 5) is 13.4. The van der Waals surface area contributed by atoms with E-state index < -0.39 is 0 Å². The van der Waals surface area contributed by atoms with Gasteiger partial charge in [-0.05, 0) is 13.8 Å². The summed E-state index contributed by atoms with van der Waals surface area (Å²) in [6, 6.07) is 1.85. The highest BCUT2D eigenvalue weighted by Gasteiger charge is 2.07. The van der Waals surface area contributed by atoms with E-state index in [0.29, 0.717) is 11.8 Å². The van der Waals surface area contributed by atoms with Crippen molar-refractivity contribution in [1.29, 1.82) is 0 Å². The molecule has 0 aliphatic rings. The molecule has 1 N–H and O–H groups in total. The van der Waals surface area contributed by atoms with Crippen LogP contribution < -0.4 is 5.32 Å². The second kappa shape index (κ2) is 3.77. The van der Waals surface area contributed by atoms with Crippen molar-refractivity contribution in [3.05, 3.63) is 29.2 Å². The Hall–Kier alpha value is -2.02. The van der Waals surface area contributed by atoms with Crippen LogP contribution in [-0.4, -0.2) is 24.6 Å². The summed E-state index contributed by atoms with van der Waals surface area (Å²) in [5.74, 6) is 1.26. The average Bonchev–Trinajstić information content (AvgIpc) is 2.82. The molecule has 3 aromatic rings. The van der Waals surface area contributed by atoms with Crippen molar-refractivity contribution in [3.8, 4) is 0 Å². The molecule has 0 saturated carbocycles. The van der Waals surface area contributed by atoms with E-state index in [-0.39, 0.29) is 0 Å². The summed E-state index contributed by atoms with van der Waals surface area (Å²) in [5, 5.41) is 9.42. The number of anilines is 2. The highest BCUT2D eigenvalue weighted by atomic mass is 32.1. The van der Waals surface area contributed by atoms with Gasteiger partial charge in [0.1, 0.15) is 12.1 Å². The van der Waals surface area contributed by atoms with Gasteiger partial charge in [0.25, 0.3) is 0 Å². The molecule has 0 saturated heterocycles. The lowest BCUT2D eigenvalue weighted by Gasteiger charge is -1.99. The predicted octanol–water partition coefficient (Wildman–Crippen LogP) is 1.94. The van der Waals surface area contributed by atoms with Crippen molar-refractivity contribution in [3.63, 3.8) is 0 Å². The third-order valence-electron chi connectivity index (χ3n) is 2.29. The van der Waals surface area contributed by atoms with Gasteiger partial charge in [-0.3, -0.25) is 0 Å². The van der Waals surface area contributed by atoms with Crippen LogP contribution in [0.3, 0.4) is 0 Å². The largest absolute Gasteiger partial charge is 0.307 e. The molecule has 0 unspecified atom stereocenters. The van der Waals surface area contributed by atoms with Gasteiger partial charge in [-0.2, -0.15) is 4.98 Å². The average molecular weight is 246 g/mol. The molecule has 6 nitrogen and oxygen atoms in total. The molecular formula is C10H10N6S. The van der Waals surface area contributed by atoms with Gasteiger partial charge in [0.2, 0.25) is 10.9 Å². The minimum atomic E-state index is 0.554. The lowest BCUT2D eigenvalue weighted by molar-refractivity contribution is 0.934. The van der Waals surface area contributed by atoms with E-state index in [1.165, 1.54) is 6.33 Å². The molecule has 3 heterocycles. The molecule has 17 heavy (non-hydrogen) atoms. The number of fused-ring (bicyclic) bond motifs is 1. The topological polar surface area (TPSA) is 68.0 Å². The monoisotopic (exact) mass is 246 g/mol. The Morgan fingerprint density at radius 3 is 2.94 bits per heavy atom. The summed E-state index contributed by atoms with van der Waals surface area (Å²) in [7, 11) is 0. The molecule has 0 radical (unpaired) electrons. The van der Waals surface area contributed by atoms with Gasteiger partial charge in [-0.1, -0.05) is 0 Å². The Balaban J connectivity index is 1.94. The number of hydrogen-bond acceptors (Lipinski definition) is 6. The summed E-state index contributed by atoms with van der Waals surface area (Å²) in [6.07, 6.45) is 1.52. The molecule has 0 fully saturated rings. The van der Waals surface area contributed by atoms with E-state index >= 15 is 0 Å². The Labute approximate surface area is 101 Å². The van der Waals surface area contributed by atoms with Crippen LogP contribution in [0.5, 0.6) is 0 Å². The predicted molar refractivity (Wildman–Crippen MR) is 65.7 cm³/mol. The zero-order valence-electron chi connectivity index (χ0n) is 9.38. The van der Waals surface area contributed by atoms with Crippen LogP contribution in [-0.2, 0) is 0 Å². The number of nitrogens with zero attached hydrogens (tertiary/aromatic N) is 5. The van der Waals surface area contributed by atoms with Crippen molar-refractivity contribution in [1.82, 2.24) is 24.6 Å². The Morgan fingerprint density at radius 2 is 2.18 bits per heavy atom. The number of aryl methyl sites for hydroxylation is 2. The second-order valence-electron chi connectivity index (χ2n) is 3.68. The summed E-state index contributed by atoms with van der Waals surface area (Å²) < 4.78 is 1.81. The third kappa shape index (κ3) is 1.84. The zero-order chi connectivity index (χ0) is 11.8. The van der Waals surface area contributed by atoms with Crippen molar-refractivity contribution < 1.29 is 0 Å². The highest BCUT2D eigenvalue weighted by molar-refractivity contribution is 7.15. The molecule has 0 amide bonds. The third-order valence-corrected chi connectivity index (χ3v) is 3.22. The van der Waals surface area contributed by atoms with Gasteiger partial charge < -0.3 is 5.32 Å². The van der Waals surface area contributed by atoms with E-state index in [0.717, 1.165) is 16.3 Å². The van der Waals surface area contributed by atoms with E-state index in [1.807, 2.05) is 25.3 Å². The zero-order valence-corrected chi connectivity index (χ0v) is 10.2. The quantitative estimate of drug-likeness (QED) is 0.748. The maximum absolute atomic E-state index is 4.36. The molecule has 0 spiro atoms. The number of hydrogen-bond donors (Lipinski definition) is 1. The fourth-order valence-electron chi connectivity index (χ4n) is 1.48. The number of aromatic nitrogens is 5. The molecule has 7 heteroatoms. The number of rotatable bonds is 2. The van der Waals surface area contributed by atoms with Gasteiger partial charge in [-0.25, -0.2) is 14.5 Å². The molecule has 0 aliphatic carbocycles. The van der Waals surface area contributed by atoms with Crippen LogP contribution in [0.15, 0.2) is 17.8 Å². The minimum Gasteiger partial charge on any atom is -0.307 e. The van der Waals surface area contributed by atoms with Gasteiger partial charge in [0.15, 0.2) is 0 Å². The van der Waals surface area contributed by atoms with E-state index in [1.54, 1.807) is 15.9 Å². The molecule has 86 valence electrons. The van der Waals surface area contributed by atoms with Crippen LogP contribution in [0.2, 0.25) is 0 Å². The van der Waals surface area contributed by atoms with E-state index in [4.69, 9.17) is 0 Å². The van der Waals surface area contributed by atoms with Crippen LogP contribution >= 0.6 is 11.3 Å². The number of thiazole rings is 1. The van der Waals surface area contributed by atoms with Crippen LogP contribution in [0.1, 0.15) is 11.4 Å². The smallest absolute Gasteiger partial charge is 0.249 e. The van der Waals surface area contributed by atoms with Crippen molar-refractivity contribution in [2.45, 2.75) is 13.8 Å². The summed E-state index contributed by atoms with van der Waals surface area (Å²) in [5.41, 5.74) is 1.98. The fourth-order valence-corrected chi connectivity index (χ4v) is 2.28. The van der Waals surface area contributed by atoms with Gasteiger partial charge in [-0.15, -0.1) is 16.4 Å². The normalized spacial score (nSPS) is 10.9. The first-order valence-corrected chi connectivity index (χ1v) is 5.97. The Morgan fingerprint density at radius 1 is 1.29 bits per heavy atom. The molecule has 0 aliphatic heterocycles. The maximum atomic E-state index is 4.36. The molecular weight excluding hydrogens is 236 g/mol. The van der Waals surface area contributed by atoms with Crippen molar-refractivity contribution >= 4 is 28.1 Å². The standard InChI is InChI=1S/C10H10N6S/c1-6-3-8(12-5-11-6)13-9-14-10-16(15-9)7(2)4-17-10/h3-5H,1-2H3,(H,11,12,13,15). The molecule has 3 aromatic heterocycles.